The van der Waals surface area contributed by atoms with E-state index < -0.39 is 23.6 Å². The third kappa shape index (κ3) is 3.66. The minimum Gasteiger partial charge on any atom is -0.463 e. The zero-order valence-corrected chi connectivity index (χ0v) is 16.5. The van der Waals surface area contributed by atoms with Crippen LogP contribution in [0.1, 0.15) is 24.1 Å². The number of ether oxygens (including phenoxy) is 1. The third-order valence-electron chi connectivity index (χ3n) is 4.57. The van der Waals surface area contributed by atoms with Crippen LogP contribution in [0.2, 0.25) is 0 Å². The van der Waals surface area contributed by atoms with Crippen molar-refractivity contribution in [2.45, 2.75) is 19.9 Å². The second kappa shape index (κ2) is 7.90. The second-order valence-electron chi connectivity index (χ2n) is 6.43. The molecule has 144 valence electrons. The van der Waals surface area contributed by atoms with E-state index in [0.717, 1.165) is 18.4 Å². The van der Waals surface area contributed by atoms with Gasteiger partial charge in [-0.3, -0.25) is 9.69 Å². The molecule has 1 N–H and O–H groups in total. The molecule has 3 rings (SSSR count). The molecule has 1 aliphatic heterocycles. The first-order valence-corrected chi connectivity index (χ1v) is 9.00. The molecule has 7 heteroatoms. The molecule has 0 aliphatic carbocycles. The summed E-state index contributed by atoms with van der Waals surface area (Å²) in [6.07, 6.45) is 0. The molecule has 0 spiro atoms. The number of hydrogen-bond acceptors (Lipinski definition) is 4. The van der Waals surface area contributed by atoms with Crippen molar-refractivity contribution in [1.29, 1.82) is 0 Å². The van der Waals surface area contributed by atoms with E-state index in [1.807, 2.05) is 31.2 Å². The highest BCUT2D eigenvalue weighted by atomic mass is 32.1. The number of thiocarbonyl (C=S) groups is 1. The lowest BCUT2D eigenvalue weighted by molar-refractivity contribution is -0.150. The molecule has 0 saturated heterocycles. The second-order valence-corrected chi connectivity index (χ2v) is 6.81. The van der Waals surface area contributed by atoms with Crippen molar-refractivity contribution in [3.63, 3.8) is 0 Å². The first kappa shape index (κ1) is 19.7. The van der Waals surface area contributed by atoms with E-state index in [0.29, 0.717) is 16.4 Å². The van der Waals surface area contributed by atoms with Crippen LogP contribution in [0.3, 0.4) is 0 Å². The third-order valence-corrected chi connectivity index (χ3v) is 4.87. The zero-order chi connectivity index (χ0) is 20.4. The number of anilines is 1. The zero-order valence-electron chi connectivity index (χ0n) is 15.7. The van der Waals surface area contributed by atoms with Gasteiger partial charge in [0, 0.05) is 11.4 Å². The number of methoxy groups -OCH3 is 1. The van der Waals surface area contributed by atoms with Crippen molar-refractivity contribution in [3.8, 4) is 0 Å². The van der Waals surface area contributed by atoms with Gasteiger partial charge in [0.2, 0.25) is 0 Å². The maximum Gasteiger partial charge on any atom is 0.379 e. The quantitative estimate of drug-likeness (QED) is 0.483. The monoisotopic (exact) mass is 398 g/mol. The van der Waals surface area contributed by atoms with Gasteiger partial charge >= 0.3 is 5.97 Å². The van der Waals surface area contributed by atoms with Gasteiger partial charge < -0.3 is 10.1 Å². The molecule has 0 saturated carbocycles. The molecule has 2 aromatic carbocycles. The number of nitrogens with one attached hydrogen (secondary N) is 1. The summed E-state index contributed by atoms with van der Waals surface area (Å²) in [5, 5.41) is 3.41. The average Bonchev–Trinajstić information content (AvgIpc) is 2.68. The molecule has 1 heterocycles. The molecule has 2 aromatic rings. The van der Waals surface area contributed by atoms with E-state index in [-0.39, 0.29) is 5.57 Å². The molecular formula is C21H19FN2O3S. The molecule has 0 aromatic heterocycles. The summed E-state index contributed by atoms with van der Waals surface area (Å²) in [6.45, 7) is 3.67. The van der Waals surface area contributed by atoms with Crippen molar-refractivity contribution < 1.29 is 18.7 Å². The van der Waals surface area contributed by atoms with Crippen LogP contribution in [0.4, 0.5) is 10.1 Å². The van der Waals surface area contributed by atoms with Crippen LogP contribution in [-0.2, 0) is 14.3 Å². The van der Waals surface area contributed by atoms with E-state index in [4.69, 9.17) is 12.2 Å². The Morgan fingerprint density at radius 2 is 1.82 bits per heavy atom. The number of carbonyl (C=O) groups excluding carboxylic acids is 2. The molecule has 0 unspecified atom stereocenters. The van der Waals surface area contributed by atoms with Crippen LogP contribution in [-0.4, -0.2) is 24.0 Å². The molecule has 1 aliphatic rings. The molecule has 1 atom stereocenters. The van der Waals surface area contributed by atoms with Crippen molar-refractivity contribution in [2.24, 2.45) is 0 Å². The van der Waals surface area contributed by atoms with Crippen LogP contribution in [0.5, 0.6) is 0 Å². The highest BCUT2D eigenvalue weighted by molar-refractivity contribution is 7.80. The Hall–Kier alpha value is -3.06. The summed E-state index contributed by atoms with van der Waals surface area (Å²) in [4.78, 5) is 26.5. The van der Waals surface area contributed by atoms with Gasteiger partial charge in [0.1, 0.15) is 5.82 Å². The number of benzene rings is 2. The number of hydrogen-bond donors (Lipinski definition) is 1. The highest BCUT2D eigenvalue weighted by Crippen LogP contribution is 2.34. The maximum atomic E-state index is 13.8. The van der Waals surface area contributed by atoms with Gasteiger partial charge in [-0.05, 0) is 55.9 Å². The smallest absolute Gasteiger partial charge is 0.379 e. The SMILES string of the molecule is COC(=O)C(=O)C1=C(C)N(c2ccc(C)cc2)C(=S)N[C@H]1c1cccc(F)c1. The normalized spacial score (nSPS) is 16.6. The summed E-state index contributed by atoms with van der Waals surface area (Å²) in [7, 11) is 1.14. The number of rotatable bonds is 4. The predicted octanol–water partition coefficient (Wildman–Crippen LogP) is 3.59. The summed E-state index contributed by atoms with van der Waals surface area (Å²) >= 11 is 5.52. The lowest BCUT2D eigenvalue weighted by atomic mass is 9.91. The summed E-state index contributed by atoms with van der Waals surface area (Å²) in [6, 6.07) is 12.6. The van der Waals surface area contributed by atoms with Gasteiger partial charge in [0.25, 0.3) is 5.78 Å². The van der Waals surface area contributed by atoms with Crippen LogP contribution in [0.25, 0.3) is 0 Å². The summed E-state index contributed by atoms with van der Waals surface area (Å²) in [5.74, 6) is -2.25. The fourth-order valence-electron chi connectivity index (χ4n) is 3.18. The number of allylic oxidation sites excluding steroid dienone is 1. The highest BCUT2D eigenvalue weighted by Gasteiger charge is 2.37. The number of nitrogens with zero attached hydrogens (tertiary/aromatic N) is 1. The Morgan fingerprint density at radius 1 is 1.14 bits per heavy atom. The topological polar surface area (TPSA) is 58.6 Å². The van der Waals surface area contributed by atoms with E-state index >= 15 is 0 Å². The van der Waals surface area contributed by atoms with E-state index in [1.165, 1.54) is 18.2 Å². The fraction of sp³-hybridized carbons (Fsp3) is 0.190. The van der Waals surface area contributed by atoms with Crippen LogP contribution in [0.15, 0.2) is 59.8 Å². The number of Topliss-reactive ketones (excluding diaryl/α,β-unsaturated/α-hetero) is 1. The van der Waals surface area contributed by atoms with Gasteiger partial charge in [0.15, 0.2) is 5.11 Å². The maximum absolute atomic E-state index is 13.8. The molecule has 0 bridgehead atoms. The standard InChI is InChI=1S/C21H19FN2O3S/c1-12-7-9-16(10-8-12)24-13(2)17(19(25)20(26)27-3)18(23-21(24)28)14-5-4-6-15(22)11-14/h4-11,18H,1-3H3,(H,23,28)/t18-/m0/s1. The Balaban J connectivity index is 2.17. The first-order chi connectivity index (χ1) is 13.3. The van der Waals surface area contributed by atoms with Crippen molar-refractivity contribution >= 4 is 34.8 Å². The van der Waals surface area contributed by atoms with Crippen molar-refractivity contribution in [3.05, 3.63) is 76.7 Å². The molecule has 0 radical (unpaired) electrons. The van der Waals surface area contributed by atoms with Crippen LogP contribution < -0.4 is 10.2 Å². The molecule has 5 nitrogen and oxygen atoms in total. The largest absolute Gasteiger partial charge is 0.463 e. The Bertz CT molecular complexity index is 985. The fourth-order valence-corrected chi connectivity index (χ4v) is 3.54. The lowest BCUT2D eigenvalue weighted by Gasteiger charge is -2.37. The number of ketones is 1. The Labute approximate surface area is 167 Å². The number of aryl methyl sites for hydroxylation is 1. The average molecular weight is 398 g/mol. The van der Waals surface area contributed by atoms with Gasteiger partial charge in [-0.15, -0.1) is 0 Å². The van der Waals surface area contributed by atoms with Gasteiger partial charge in [-0.2, -0.15) is 0 Å². The molecule has 0 fully saturated rings. The van der Waals surface area contributed by atoms with Gasteiger partial charge in [-0.1, -0.05) is 29.8 Å². The van der Waals surface area contributed by atoms with E-state index in [2.05, 4.69) is 10.1 Å². The van der Waals surface area contributed by atoms with Crippen LogP contribution in [0, 0.1) is 12.7 Å². The number of halogens is 1. The molecular weight excluding hydrogens is 379 g/mol. The van der Waals surface area contributed by atoms with Crippen molar-refractivity contribution in [2.75, 3.05) is 12.0 Å². The molecule has 0 amide bonds. The minimum absolute atomic E-state index is 0.159. The van der Waals surface area contributed by atoms with Gasteiger partial charge in [-0.25, -0.2) is 9.18 Å². The lowest BCUT2D eigenvalue weighted by Crippen LogP contribution is -2.48. The van der Waals surface area contributed by atoms with Gasteiger partial charge in [0.05, 0.1) is 18.7 Å². The predicted molar refractivity (Wildman–Crippen MR) is 108 cm³/mol. The number of esters is 1. The van der Waals surface area contributed by atoms with Crippen LogP contribution >= 0.6 is 12.2 Å². The first-order valence-electron chi connectivity index (χ1n) is 8.59. The van der Waals surface area contributed by atoms with Crippen molar-refractivity contribution in [1.82, 2.24) is 5.32 Å². The molecule has 28 heavy (non-hydrogen) atoms. The Morgan fingerprint density at radius 3 is 2.43 bits per heavy atom. The van der Waals surface area contributed by atoms with E-state index in [9.17, 15) is 14.0 Å². The van der Waals surface area contributed by atoms with E-state index in [1.54, 1.807) is 17.9 Å². The minimum atomic E-state index is -0.991. The summed E-state index contributed by atoms with van der Waals surface area (Å²) < 4.78 is 18.4. The number of carbonyl (C=O) groups is 2. The summed E-state index contributed by atoms with van der Waals surface area (Å²) in [5.41, 5.74) is 2.94. The Kier molecular flexibility index (Phi) is 5.56.